The van der Waals surface area contributed by atoms with Crippen LogP contribution in [0.2, 0.25) is 0 Å². The van der Waals surface area contributed by atoms with E-state index in [1.165, 1.54) is 30.5 Å². The summed E-state index contributed by atoms with van der Waals surface area (Å²) < 4.78 is 0. The molecule has 3 nitrogen and oxygen atoms in total. The SMILES string of the molecule is CCC1CCN(c2cnccc2C)CCCN1. The van der Waals surface area contributed by atoms with E-state index >= 15 is 0 Å². The Balaban J connectivity index is 2.07. The summed E-state index contributed by atoms with van der Waals surface area (Å²) in [6, 6.07) is 2.78. The van der Waals surface area contributed by atoms with Crippen molar-refractivity contribution < 1.29 is 0 Å². The molecule has 0 bridgehead atoms. The van der Waals surface area contributed by atoms with Crippen LogP contribution >= 0.6 is 0 Å². The summed E-state index contributed by atoms with van der Waals surface area (Å²) in [5.74, 6) is 0. The molecule has 1 unspecified atom stereocenters. The molecule has 1 N–H and O–H groups in total. The fourth-order valence-electron chi connectivity index (χ4n) is 2.48. The molecule has 0 amide bonds. The third-order valence-corrected chi connectivity index (χ3v) is 3.63. The van der Waals surface area contributed by atoms with Gasteiger partial charge in [0.1, 0.15) is 0 Å². The van der Waals surface area contributed by atoms with Gasteiger partial charge >= 0.3 is 0 Å². The number of pyridine rings is 1. The van der Waals surface area contributed by atoms with Crippen molar-refractivity contribution in [3.63, 3.8) is 0 Å². The highest BCUT2D eigenvalue weighted by atomic mass is 15.1. The second kappa shape index (κ2) is 6.01. The summed E-state index contributed by atoms with van der Waals surface area (Å²) in [5.41, 5.74) is 2.64. The largest absolute Gasteiger partial charge is 0.370 e. The van der Waals surface area contributed by atoms with Crippen LogP contribution in [0.5, 0.6) is 0 Å². The number of hydrogen-bond acceptors (Lipinski definition) is 3. The number of nitrogens with zero attached hydrogens (tertiary/aromatic N) is 2. The molecule has 0 aliphatic carbocycles. The van der Waals surface area contributed by atoms with Crippen LogP contribution in [0.1, 0.15) is 31.7 Å². The summed E-state index contributed by atoms with van der Waals surface area (Å²) in [4.78, 5) is 6.75. The van der Waals surface area contributed by atoms with Crippen molar-refractivity contribution in [2.45, 2.75) is 39.2 Å². The molecule has 17 heavy (non-hydrogen) atoms. The van der Waals surface area contributed by atoms with Crippen LogP contribution < -0.4 is 10.2 Å². The Morgan fingerprint density at radius 3 is 3.12 bits per heavy atom. The van der Waals surface area contributed by atoms with Crippen LogP contribution in [0.3, 0.4) is 0 Å². The Hall–Kier alpha value is -1.09. The van der Waals surface area contributed by atoms with E-state index in [4.69, 9.17) is 0 Å². The Bertz CT molecular complexity index is 351. The number of hydrogen-bond donors (Lipinski definition) is 1. The molecule has 1 aromatic rings. The average Bonchev–Trinajstić information content (AvgIpc) is 2.31. The highest BCUT2D eigenvalue weighted by Crippen LogP contribution is 2.20. The topological polar surface area (TPSA) is 28.2 Å². The van der Waals surface area contributed by atoms with Gasteiger partial charge in [-0.05, 0) is 44.4 Å². The van der Waals surface area contributed by atoms with E-state index in [0.717, 1.165) is 19.6 Å². The first-order valence-electron chi connectivity index (χ1n) is 6.70. The number of rotatable bonds is 2. The zero-order chi connectivity index (χ0) is 12.1. The first kappa shape index (κ1) is 12.4. The smallest absolute Gasteiger partial charge is 0.0582 e. The molecule has 1 atom stereocenters. The molecular weight excluding hydrogens is 210 g/mol. The summed E-state index contributed by atoms with van der Waals surface area (Å²) in [7, 11) is 0. The summed E-state index contributed by atoms with van der Waals surface area (Å²) in [6.45, 7) is 7.84. The van der Waals surface area contributed by atoms with Crippen LogP contribution in [0.15, 0.2) is 18.5 Å². The molecule has 1 aromatic heterocycles. The lowest BCUT2D eigenvalue weighted by Gasteiger charge is -2.31. The molecular formula is C14H23N3. The summed E-state index contributed by atoms with van der Waals surface area (Å²) in [6.07, 6.45) is 7.54. The summed E-state index contributed by atoms with van der Waals surface area (Å²) >= 11 is 0. The van der Waals surface area contributed by atoms with Crippen molar-refractivity contribution >= 4 is 5.69 Å². The maximum Gasteiger partial charge on any atom is 0.0582 e. The normalized spacial score (nSPS) is 22.0. The lowest BCUT2D eigenvalue weighted by molar-refractivity contribution is 0.439. The van der Waals surface area contributed by atoms with Gasteiger partial charge in [-0.2, -0.15) is 0 Å². The van der Waals surface area contributed by atoms with Crippen molar-refractivity contribution in [2.75, 3.05) is 24.5 Å². The van der Waals surface area contributed by atoms with E-state index in [1.807, 2.05) is 12.4 Å². The molecule has 2 heterocycles. The first-order chi connectivity index (χ1) is 8.31. The van der Waals surface area contributed by atoms with Crippen LogP contribution in [0, 0.1) is 6.92 Å². The molecule has 0 aromatic carbocycles. The van der Waals surface area contributed by atoms with Crippen LogP contribution in [-0.2, 0) is 0 Å². The number of nitrogens with one attached hydrogen (secondary N) is 1. The molecule has 2 rings (SSSR count). The van der Waals surface area contributed by atoms with Gasteiger partial charge in [-0.1, -0.05) is 6.92 Å². The minimum absolute atomic E-state index is 0.676. The average molecular weight is 233 g/mol. The number of aromatic nitrogens is 1. The number of aryl methyl sites for hydroxylation is 1. The molecule has 0 saturated carbocycles. The number of anilines is 1. The fraction of sp³-hybridized carbons (Fsp3) is 0.643. The van der Waals surface area contributed by atoms with Crippen molar-refractivity contribution in [1.82, 2.24) is 10.3 Å². The maximum atomic E-state index is 4.26. The van der Waals surface area contributed by atoms with Gasteiger partial charge in [0.15, 0.2) is 0 Å². The molecule has 0 spiro atoms. The first-order valence-corrected chi connectivity index (χ1v) is 6.70. The second-order valence-electron chi connectivity index (χ2n) is 4.85. The molecule has 1 aliphatic rings. The molecule has 1 saturated heterocycles. The standard InChI is InChI=1S/C14H23N3/c1-3-13-6-10-17(9-4-7-16-13)14-11-15-8-5-12(14)2/h5,8,11,13,16H,3-4,6-7,9-10H2,1-2H3. The zero-order valence-corrected chi connectivity index (χ0v) is 10.9. The van der Waals surface area contributed by atoms with Gasteiger partial charge < -0.3 is 10.2 Å². The van der Waals surface area contributed by atoms with Crippen LogP contribution in [0.25, 0.3) is 0 Å². The Morgan fingerprint density at radius 1 is 1.47 bits per heavy atom. The molecule has 1 fully saturated rings. The van der Waals surface area contributed by atoms with Gasteiger partial charge in [0.05, 0.1) is 11.9 Å². The lowest BCUT2D eigenvalue weighted by atomic mass is 10.1. The maximum absolute atomic E-state index is 4.26. The van der Waals surface area contributed by atoms with E-state index in [1.54, 1.807) is 0 Å². The quantitative estimate of drug-likeness (QED) is 0.850. The highest BCUT2D eigenvalue weighted by molar-refractivity contribution is 5.50. The van der Waals surface area contributed by atoms with Gasteiger partial charge in [-0.3, -0.25) is 4.98 Å². The Kier molecular flexibility index (Phi) is 4.37. The molecule has 0 radical (unpaired) electrons. The van der Waals surface area contributed by atoms with Gasteiger partial charge in [-0.15, -0.1) is 0 Å². The van der Waals surface area contributed by atoms with Crippen LogP contribution in [0.4, 0.5) is 5.69 Å². The summed E-state index contributed by atoms with van der Waals surface area (Å²) in [5, 5.41) is 3.62. The third-order valence-electron chi connectivity index (χ3n) is 3.63. The molecule has 94 valence electrons. The second-order valence-corrected chi connectivity index (χ2v) is 4.85. The molecule has 3 heteroatoms. The van der Waals surface area contributed by atoms with E-state index in [2.05, 4.69) is 35.1 Å². The van der Waals surface area contributed by atoms with E-state index in [0.29, 0.717) is 6.04 Å². The highest BCUT2D eigenvalue weighted by Gasteiger charge is 2.15. The third kappa shape index (κ3) is 3.19. The van der Waals surface area contributed by atoms with Crippen molar-refractivity contribution in [1.29, 1.82) is 0 Å². The van der Waals surface area contributed by atoms with Gasteiger partial charge in [0, 0.05) is 25.3 Å². The van der Waals surface area contributed by atoms with E-state index < -0.39 is 0 Å². The van der Waals surface area contributed by atoms with E-state index in [9.17, 15) is 0 Å². The van der Waals surface area contributed by atoms with Gasteiger partial charge in [-0.25, -0.2) is 0 Å². The molecule has 1 aliphatic heterocycles. The zero-order valence-electron chi connectivity index (χ0n) is 10.9. The lowest BCUT2D eigenvalue weighted by Crippen LogP contribution is -2.39. The van der Waals surface area contributed by atoms with Crippen LogP contribution in [-0.4, -0.2) is 30.7 Å². The van der Waals surface area contributed by atoms with Crippen molar-refractivity contribution in [3.8, 4) is 0 Å². The van der Waals surface area contributed by atoms with Crippen molar-refractivity contribution in [2.24, 2.45) is 0 Å². The van der Waals surface area contributed by atoms with E-state index in [-0.39, 0.29) is 0 Å². The minimum Gasteiger partial charge on any atom is -0.370 e. The van der Waals surface area contributed by atoms with Crippen molar-refractivity contribution in [3.05, 3.63) is 24.0 Å². The van der Waals surface area contributed by atoms with Gasteiger partial charge in [0.2, 0.25) is 0 Å². The Morgan fingerprint density at radius 2 is 2.35 bits per heavy atom. The van der Waals surface area contributed by atoms with Gasteiger partial charge in [0.25, 0.3) is 0 Å². The predicted molar refractivity (Wildman–Crippen MR) is 72.5 cm³/mol. The predicted octanol–water partition coefficient (Wildman–Crippen LogP) is 2.36. The Labute approximate surface area is 104 Å². The fourth-order valence-corrected chi connectivity index (χ4v) is 2.48. The minimum atomic E-state index is 0.676. The monoisotopic (exact) mass is 233 g/mol.